The molecule has 2 aromatic heterocycles. The van der Waals surface area contributed by atoms with Gasteiger partial charge in [0.25, 0.3) is 0 Å². The maximum Gasteiger partial charge on any atom is 0.193 e. The Bertz CT molecular complexity index is 641. The minimum Gasteiger partial charge on any atom is -0.354 e. The Hall–Kier alpha value is -0.760. The molecule has 3 rings (SSSR count). The zero-order valence-corrected chi connectivity index (χ0v) is 14.3. The molecule has 4 atom stereocenters. The third-order valence-electron chi connectivity index (χ3n) is 4.42. The standard InChI is InChI=1S/C14H19IN4O/c1-5-10-7(2)8(3)13(20-10)19-6-16-11-9(4)17-14(15)18-12(11)19/h6-8,10,13H,5H2,1-4H3/t7-,8+,10+,13+/m0/s1. The van der Waals surface area contributed by atoms with Crippen LogP contribution in [-0.2, 0) is 4.74 Å². The highest BCUT2D eigenvalue weighted by molar-refractivity contribution is 14.1. The number of ether oxygens (including phenoxy) is 1. The van der Waals surface area contributed by atoms with Crippen LogP contribution in [0.25, 0.3) is 11.2 Å². The summed E-state index contributed by atoms with van der Waals surface area (Å²) < 4.78 is 9.05. The highest BCUT2D eigenvalue weighted by atomic mass is 127. The Morgan fingerprint density at radius 2 is 2.05 bits per heavy atom. The molecule has 2 aromatic rings. The average molecular weight is 386 g/mol. The lowest BCUT2D eigenvalue weighted by Crippen LogP contribution is -2.15. The van der Waals surface area contributed by atoms with Crippen LogP contribution in [0.4, 0.5) is 0 Å². The molecule has 1 aliphatic rings. The van der Waals surface area contributed by atoms with Gasteiger partial charge in [-0.25, -0.2) is 15.0 Å². The maximum absolute atomic E-state index is 6.23. The van der Waals surface area contributed by atoms with Gasteiger partial charge in [-0.05, 0) is 19.3 Å². The van der Waals surface area contributed by atoms with E-state index in [2.05, 4.69) is 62.9 Å². The van der Waals surface area contributed by atoms with Crippen molar-refractivity contribution in [2.24, 2.45) is 11.8 Å². The first-order valence-electron chi connectivity index (χ1n) is 7.05. The number of hydrogen-bond acceptors (Lipinski definition) is 4. The molecule has 20 heavy (non-hydrogen) atoms. The molecule has 0 saturated carbocycles. The Kier molecular flexibility index (Phi) is 3.70. The van der Waals surface area contributed by atoms with E-state index in [0.29, 0.717) is 17.9 Å². The molecule has 1 saturated heterocycles. The van der Waals surface area contributed by atoms with Crippen molar-refractivity contribution in [1.29, 1.82) is 0 Å². The van der Waals surface area contributed by atoms with Crippen LogP contribution in [0.2, 0.25) is 0 Å². The van der Waals surface area contributed by atoms with Crippen molar-refractivity contribution in [3.63, 3.8) is 0 Å². The van der Waals surface area contributed by atoms with Gasteiger partial charge in [-0.1, -0.05) is 20.8 Å². The maximum atomic E-state index is 6.23. The molecule has 1 aliphatic heterocycles. The smallest absolute Gasteiger partial charge is 0.193 e. The molecule has 0 radical (unpaired) electrons. The lowest BCUT2D eigenvalue weighted by atomic mass is 9.91. The number of nitrogens with zero attached hydrogens (tertiary/aromatic N) is 4. The number of aryl methyl sites for hydroxylation is 1. The van der Waals surface area contributed by atoms with Crippen LogP contribution in [0.1, 0.15) is 39.1 Å². The predicted molar refractivity (Wildman–Crippen MR) is 85.3 cm³/mol. The largest absolute Gasteiger partial charge is 0.354 e. The van der Waals surface area contributed by atoms with Gasteiger partial charge < -0.3 is 4.74 Å². The number of rotatable bonds is 2. The summed E-state index contributed by atoms with van der Waals surface area (Å²) in [5.41, 5.74) is 2.67. The molecule has 108 valence electrons. The van der Waals surface area contributed by atoms with Crippen LogP contribution in [0, 0.1) is 22.6 Å². The van der Waals surface area contributed by atoms with Gasteiger partial charge in [0, 0.05) is 28.5 Å². The van der Waals surface area contributed by atoms with E-state index < -0.39 is 0 Å². The fraction of sp³-hybridized carbons (Fsp3) is 0.643. The Labute approximate surface area is 132 Å². The van der Waals surface area contributed by atoms with E-state index in [1.54, 1.807) is 0 Å². The molecule has 0 amide bonds. The van der Waals surface area contributed by atoms with E-state index in [0.717, 1.165) is 27.1 Å². The van der Waals surface area contributed by atoms with Crippen LogP contribution in [0.5, 0.6) is 0 Å². The second-order valence-corrected chi connectivity index (χ2v) is 6.56. The molecule has 0 aromatic carbocycles. The van der Waals surface area contributed by atoms with Gasteiger partial charge in [0.05, 0.1) is 18.1 Å². The lowest BCUT2D eigenvalue weighted by Gasteiger charge is -2.18. The first-order valence-corrected chi connectivity index (χ1v) is 8.13. The molecule has 0 bridgehead atoms. The third-order valence-corrected chi connectivity index (χ3v) is 4.91. The summed E-state index contributed by atoms with van der Waals surface area (Å²) in [6.45, 7) is 8.66. The van der Waals surface area contributed by atoms with Gasteiger partial charge in [0.2, 0.25) is 0 Å². The molecule has 6 heteroatoms. The number of aromatic nitrogens is 4. The number of halogens is 1. The van der Waals surface area contributed by atoms with E-state index in [1.165, 1.54) is 0 Å². The lowest BCUT2D eigenvalue weighted by molar-refractivity contribution is -0.0120. The Morgan fingerprint density at radius 3 is 2.70 bits per heavy atom. The summed E-state index contributed by atoms with van der Waals surface area (Å²) in [5.74, 6) is 0.995. The van der Waals surface area contributed by atoms with Crippen LogP contribution in [0.3, 0.4) is 0 Å². The molecule has 0 N–H and O–H groups in total. The van der Waals surface area contributed by atoms with Crippen molar-refractivity contribution >= 4 is 33.8 Å². The summed E-state index contributed by atoms with van der Waals surface area (Å²) in [4.78, 5) is 13.4. The van der Waals surface area contributed by atoms with E-state index >= 15 is 0 Å². The molecule has 0 spiro atoms. The van der Waals surface area contributed by atoms with Crippen LogP contribution < -0.4 is 0 Å². The first kappa shape index (κ1) is 14.2. The average Bonchev–Trinajstić information content (AvgIpc) is 2.93. The topological polar surface area (TPSA) is 52.8 Å². The number of hydrogen-bond donors (Lipinski definition) is 0. The minimum absolute atomic E-state index is 0.0186. The molecule has 0 aliphatic carbocycles. The molecule has 1 fully saturated rings. The molecular formula is C14H19IN4O. The van der Waals surface area contributed by atoms with Crippen molar-refractivity contribution in [3.05, 3.63) is 15.9 Å². The van der Waals surface area contributed by atoms with Crippen molar-refractivity contribution in [2.75, 3.05) is 0 Å². The SMILES string of the molecule is CC[C@H]1O[C@@H](n2cnc3c(C)nc(I)nc32)[C@H](C)[C@@H]1C. The van der Waals surface area contributed by atoms with Gasteiger partial charge in [-0.15, -0.1) is 0 Å². The Morgan fingerprint density at radius 1 is 1.30 bits per heavy atom. The molecular weight excluding hydrogens is 367 g/mol. The first-order chi connectivity index (χ1) is 9.52. The van der Waals surface area contributed by atoms with Gasteiger partial charge >= 0.3 is 0 Å². The summed E-state index contributed by atoms with van der Waals surface area (Å²) in [6, 6.07) is 0. The fourth-order valence-corrected chi connectivity index (χ4v) is 3.61. The van der Waals surface area contributed by atoms with E-state index in [9.17, 15) is 0 Å². The fourth-order valence-electron chi connectivity index (χ4n) is 3.02. The summed E-state index contributed by atoms with van der Waals surface area (Å²) >= 11 is 2.15. The Balaban J connectivity index is 2.07. The number of fused-ring (bicyclic) bond motifs is 1. The second-order valence-electron chi connectivity index (χ2n) is 5.59. The van der Waals surface area contributed by atoms with E-state index in [4.69, 9.17) is 4.74 Å². The summed E-state index contributed by atoms with van der Waals surface area (Å²) in [6.07, 6.45) is 3.22. The van der Waals surface area contributed by atoms with Crippen molar-refractivity contribution in [2.45, 2.75) is 46.4 Å². The van der Waals surface area contributed by atoms with Crippen LogP contribution >= 0.6 is 22.6 Å². The highest BCUT2D eigenvalue weighted by Crippen LogP contribution is 2.40. The zero-order valence-electron chi connectivity index (χ0n) is 12.2. The molecule has 0 unspecified atom stereocenters. The zero-order chi connectivity index (χ0) is 14.4. The van der Waals surface area contributed by atoms with Gasteiger partial charge in [-0.2, -0.15) is 0 Å². The summed E-state index contributed by atoms with van der Waals surface area (Å²) in [7, 11) is 0. The normalized spacial score (nSPS) is 30.2. The monoisotopic (exact) mass is 386 g/mol. The highest BCUT2D eigenvalue weighted by Gasteiger charge is 2.39. The second kappa shape index (κ2) is 5.22. The van der Waals surface area contributed by atoms with Crippen molar-refractivity contribution < 1.29 is 4.74 Å². The summed E-state index contributed by atoms with van der Waals surface area (Å²) in [5, 5.41) is 0. The van der Waals surface area contributed by atoms with Crippen LogP contribution in [0.15, 0.2) is 6.33 Å². The van der Waals surface area contributed by atoms with Crippen molar-refractivity contribution in [3.8, 4) is 0 Å². The molecule has 5 nitrogen and oxygen atoms in total. The van der Waals surface area contributed by atoms with Gasteiger partial charge in [0.15, 0.2) is 9.48 Å². The van der Waals surface area contributed by atoms with Gasteiger partial charge in [0.1, 0.15) is 11.7 Å². The minimum atomic E-state index is 0.0186. The molecule has 3 heterocycles. The predicted octanol–water partition coefficient (Wildman–Crippen LogP) is 3.32. The van der Waals surface area contributed by atoms with E-state index in [-0.39, 0.29) is 6.23 Å². The van der Waals surface area contributed by atoms with E-state index in [1.807, 2.05) is 13.3 Å². The third kappa shape index (κ3) is 2.13. The number of imidazole rings is 1. The van der Waals surface area contributed by atoms with Gasteiger partial charge in [-0.3, -0.25) is 4.57 Å². The quantitative estimate of drug-likeness (QED) is 0.587. The van der Waals surface area contributed by atoms with Crippen LogP contribution in [-0.4, -0.2) is 25.6 Å². The van der Waals surface area contributed by atoms with Crippen molar-refractivity contribution in [1.82, 2.24) is 19.5 Å².